The molecule has 0 saturated carbocycles. The van der Waals surface area contributed by atoms with Gasteiger partial charge >= 0.3 is 0 Å². The number of fused-ring (bicyclic) bond motifs is 2. The van der Waals surface area contributed by atoms with Gasteiger partial charge in [0.25, 0.3) is 0 Å². The van der Waals surface area contributed by atoms with Crippen molar-refractivity contribution in [3.63, 3.8) is 0 Å². The van der Waals surface area contributed by atoms with Gasteiger partial charge in [0, 0.05) is 31.6 Å². The van der Waals surface area contributed by atoms with Crippen molar-refractivity contribution in [3.8, 4) is 0 Å². The number of amides is 1. The summed E-state index contributed by atoms with van der Waals surface area (Å²) in [6, 6.07) is 7.95. The summed E-state index contributed by atoms with van der Waals surface area (Å²) in [5.74, 6) is 0.00500. The van der Waals surface area contributed by atoms with Crippen molar-refractivity contribution in [2.45, 2.75) is 32.9 Å². The van der Waals surface area contributed by atoms with Gasteiger partial charge in [0.1, 0.15) is 0 Å². The number of carbonyl (C=O) groups excluding carboxylic acids is 1. The van der Waals surface area contributed by atoms with Crippen molar-refractivity contribution in [2.75, 3.05) is 11.9 Å². The van der Waals surface area contributed by atoms with Gasteiger partial charge in [0.15, 0.2) is 0 Å². The maximum atomic E-state index is 12.2. The number of aromatic nitrogens is 3. The molecule has 7 heteroatoms. The highest BCUT2D eigenvalue weighted by molar-refractivity contribution is 7.18. The second kappa shape index (κ2) is 6.33. The molecule has 124 valence electrons. The van der Waals surface area contributed by atoms with Crippen molar-refractivity contribution < 1.29 is 4.79 Å². The minimum Gasteiger partial charge on any atom is -0.326 e. The Morgan fingerprint density at radius 1 is 1.42 bits per heavy atom. The van der Waals surface area contributed by atoms with Gasteiger partial charge in [-0.15, -0.1) is 11.3 Å². The number of carbonyl (C=O) groups is 1. The molecule has 6 nitrogen and oxygen atoms in total. The Labute approximate surface area is 143 Å². The molecule has 3 aromatic rings. The molecular weight excluding hydrogens is 322 g/mol. The number of nitrogens with one attached hydrogen (secondary N) is 2. The van der Waals surface area contributed by atoms with Crippen LogP contribution in [0.25, 0.3) is 10.2 Å². The summed E-state index contributed by atoms with van der Waals surface area (Å²) in [6.45, 7) is 4.69. The van der Waals surface area contributed by atoms with E-state index in [4.69, 9.17) is 0 Å². The molecule has 4 rings (SSSR count). The molecule has 0 fully saturated rings. The van der Waals surface area contributed by atoms with E-state index in [9.17, 15) is 4.79 Å². The highest BCUT2D eigenvalue weighted by Crippen LogP contribution is 2.24. The Bertz CT molecular complexity index is 874. The monoisotopic (exact) mass is 341 g/mol. The number of hydrogen-bond acceptors (Lipinski definition) is 5. The van der Waals surface area contributed by atoms with Crippen molar-refractivity contribution in [1.82, 2.24) is 20.1 Å². The molecule has 0 unspecified atom stereocenters. The number of rotatable bonds is 4. The van der Waals surface area contributed by atoms with Gasteiger partial charge in [0.05, 0.1) is 33.2 Å². The number of thiazole rings is 1. The van der Waals surface area contributed by atoms with Crippen LogP contribution in [0.4, 0.5) is 5.69 Å². The first-order valence-electron chi connectivity index (χ1n) is 8.11. The molecule has 2 aromatic heterocycles. The topological polar surface area (TPSA) is 71.8 Å². The maximum absolute atomic E-state index is 12.2. The third-order valence-electron chi connectivity index (χ3n) is 4.11. The van der Waals surface area contributed by atoms with Gasteiger partial charge in [-0.25, -0.2) is 4.98 Å². The summed E-state index contributed by atoms with van der Waals surface area (Å²) in [4.78, 5) is 16.7. The average molecular weight is 341 g/mol. The summed E-state index contributed by atoms with van der Waals surface area (Å²) < 4.78 is 3.17. The largest absolute Gasteiger partial charge is 0.326 e. The van der Waals surface area contributed by atoms with Crippen molar-refractivity contribution in [1.29, 1.82) is 0 Å². The Morgan fingerprint density at radius 3 is 3.21 bits per heavy atom. The SMILES string of the molecule is Cc1nc2cc(NC(=O)CCc3cc4n(n3)CCNC4)ccc2s1. The van der Waals surface area contributed by atoms with Crippen LogP contribution in [0.2, 0.25) is 0 Å². The summed E-state index contributed by atoms with van der Waals surface area (Å²) in [5, 5.41) is 11.9. The molecular formula is C17H19N5OS. The molecule has 1 amide bonds. The standard InChI is InChI=1S/C17H19N5OS/c1-11-19-15-9-12(2-4-16(15)24-11)20-17(23)5-3-13-8-14-10-18-6-7-22(14)21-13/h2,4,8-9,18H,3,5-7,10H2,1H3,(H,20,23). The normalized spacial score (nSPS) is 13.9. The van der Waals surface area contributed by atoms with Crippen LogP contribution in [0.3, 0.4) is 0 Å². The van der Waals surface area contributed by atoms with E-state index >= 15 is 0 Å². The highest BCUT2D eigenvalue weighted by atomic mass is 32.1. The average Bonchev–Trinajstić information content (AvgIpc) is 3.14. The molecule has 1 aliphatic rings. The van der Waals surface area contributed by atoms with Crippen LogP contribution in [0.15, 0.2) is 24.3 Å². The molecule has 0 aliphatic carbocycles. The van der Waals surface area contributed by atoms with Crippen molar-refractivity contribution in [2.24, 2.45) is 0 Å². The number of nitrogens with zero attached hydrogens (tertiary/aromatic N) is 3. The Morgan fingerprint density at radius 2 is 2.33 bits per heavy atom. The zero-order valence-corrected chi connectivity index (χ0v) is 14.3. The third kappa shape index (κ3) is 3.18. The van der Waals surface area contributed by atoms with E-state index < -0.39 is 0 Å². The number of hydrogen-bond donors (Lipinski definition) is 2. The van der Waals surface area contributed by atoms with Gasteiger partial charge in [-0.3, -0.25) is 9.48 Å². The van der Waals surface area contributed by atoms with E-state index in [2.05, 4.69) is 26.8 Å². The Hall–Kier alpha value is -2.25. The van der Waals surface area contributed by atoms with Gasteiger partial charge in [-0.2, -0.15) is 5.10 Å². The molecule has 24 heavy (non-hydrogen) atoms. The summed E-state index contributed by atoms with van der Waals surface area (Å²) in [6.07, 6.45) is 1.09. The van der Waals surface area contributed by atoms with E-state index in [0.717, 1.165) is 46.2 Å². The minimum atomic E-state index is 0.00500. The third-order valence-corrected chi connectivity index (χ3v) is 5.06. The zero-order valence-electron chi connectivity index (χ0n) is 13.5. The van der Waals surface area contributed by atoms with E-state index in [-0.39, 0.29) is 5.91 Å². The Kier molecular flexibility index (Phi) is 4.03. The molecule has 0 saturated heterocycles. The lowest BCUT2D eigenvalue weighted by molar-refractivity contribution is -0.116. The van der Waals surface area contributed by atoms with Crippen LogP contribution in [0, 0.1) is 6.92 Å². The highest BCUT2D eigenvalue weighted by Gasteiger charge is 2.13. The summed E-state index contributed by atoms with van der Waals surface area (Å²) in [5.41, 5.74) is 3.91. The minimum absolute atomic E-state index is 0.00500. The number of benzene rings is 1. The van der Waals surface area contributed by atoms with Crippen LogP contribution in [0.1, 0.15) is 22.8 Å². The lowest BCUT2D eigenvalue weighted by Crippen LogP contribution is -2.28. The number of anilines is 1. The molecule has 2 N–H and O–H groups in total. The van der Waals surface area contributed by atoms with Crippen molar-refractivity contribution in [3.05, 3.63) is 40.7 Å². The molecule has 0 spiro atoms. The Balaban J connectivity index is 1.37. The van der Waals surface area contributed by atoms with Crippen molar-refractivity contribution >= 4 is 33.1 Å². The second-order valence-corrected chi connectivity index (χ2v) is 7.23. The molecule has 3 heterocycles. The lowest BCUT2D eigenvalue weighted by atomic mass is 10.2. The first kappa shape index (κ1) is 15.3. The zero-order chi connectivity index (χ0) is 16.5. The summed E-state index contributed by atoms with van der Waals surface area (Å²) in [7, 11) is 0. The lowest BCUT2D eigenvalue weighted by Gasteiger charge is -2.13. The molecule has 0 radical (unpaired) electrons. The molecule has 0 atom stereocenters. The van der Waals surface area contributed by atoms with Gasteiger partial charge in [-0.05, 0) is 31.2 Å². The van der Waals surface area contributed by atoms with Gasteiger partial charge < -0.3 is 10.6 Å². The van der Waals surface area contributed by atoms with Gasteiger partial charge in [-0.1, -0.05) is 0 Å². The van der Waals surface area contributed by atoms with Gasteiger partial charge in [0.2, 0.25) is 5.91 Å². The number of aryl methyl sites for hydroxylation is 2. The quantitative estimate of drug-likeness (QED) is 0.765. The first-order valence-corrected chi connectivity index (χ1v) is 8.92. The van der Waals surface area contributed by atoms with Crippen LogP contribution in [0.5, 0.6) is 0 Å². The fraction of sp³-hybridized carbons (Fsp3) is 0.353. The first-order chi connectivity index (χ1) is 11.7. The van der Waals surface area contributed by atoms with E-state index in [1.807, 2.05) is 29.8 Å². The molecule has 0 bridgehead atoms. The second-order valence-electron chi connectivity index (χ2n) is 5.99. The maximum Gasteiger partial charge on any atom is 0.224 e. The predicted octanol–water partition coefficient (Wildman–Crippen LogP) is 2.48. The van der Waals surface area contributed by atoms with Crippen LogP contribution in [-0.4, -0.2) is 27.2 Å². The van der Waals surface area contributed by atoms with Crippen LogP contribution in [-0.2, 0) is 24.3 Å². The fourth-order valence-corrected chi connectivity index (χ4v) is 3.77. The molecule has 1 aromatic carbocycles. The van der Waals surface area contributed by atoms with E-state index in [1.165, 1.54) is 5.69 Å². The fourth-order valence-electron chi connectivity index (χ4n) is 2.96. The van der Waals surface area contributed by atoms with Crippen LogP contribution < -0.4 is 10.6 Å². The molecule has 1 aliphatic heterocycles. The van der Waals surface area contributed by atoms with E-state index in [0.29, 0.717) is 12.8 Å². The predicted molar refractivity (Wildman–Crippen MR) is 95.2 cm³/mol. The smallest absolute Gasteiger partial charge is 0.224 e. The summed E-state index contributed by atoms with van der Waals surface area (Å²) >= 11 is 1.66. The van der Waals surface area contributed by atoms with Crippen LogP contribution >= 0.6 is 11.3 Å². The van der Waals surface area contributed by atoms with E-state index in [1.54, 1.807) is 11.3 Å².